The zero-order valence-corrected chi connectivity index (χ0v) is 10.2. The molecule has 1 saturated heterocycles. The van der Waals surface area contributed by atoms with Crippen molar-refractivity contribution in [3.63, 3.8) is 0 Å². The first-order chi connectivity index (χ1) is 7.47. The zero-order chi connectivity index (χ0) is 11.9. The Morgan fingerprint density at radius 1 is 1.38 bits per heavy atom. The number of rotatable bonds is 2. The highest BCUT2D eigenvalue weighted by Gasteiger charge is 2.53. The van der Waals surface area contributed by atoms with Crippen LogP contribution in [-0.4, -0.2) is 36.5 Å². The molecule has 2 atom stereocenters. The van der Waals surface area contributed by atoms with E-state index in [-0.39, 0.29) is 29.3 Å². The van der Waals surface area contributed by atoms with Crippen LogP contribution in [0.25, 0.3) is 0 Å². The van der Waals surface area contributed by atoms with Crippen molar-refractivity contribution in [2.45, 2.75) is 39.2 Å². The summed E-state index contributed by atoms with van der Waals surface area (Å²) in [5, 5.41) is 0. The number of hydrogen-bond donors (Lipinski definition) is 0. The van der Waals surface area contributed by atoms with Crippen molar-refractivity contribution < 1.29 is 14.3 Å². The molecular formula is C12H19NO3. The van der Waals surface area contributed by atoms with E-state index in [1.165, 1.54) is 7.11 Å². The number of esters is 1. The summed E-state index contributed by atoms with van der Waals surface area (Å²) < 4.78 is 4.73. The van der Waals surface area contributed by atoms with E-state index in [0.29, 0.717) is 6.54 Å². The minimum absolute atomic E-state index is 0.109. The predicted molar refractivity (Wildman–Crippen MR) is 58.6 cm³/mol. The molecule has 1 amide bonds. The van der Waals surface area contributed by atoms with Gasteiger partial charge < -0.3 is 9.64 Å². The van der Waals surface area contributed by atoms with Gasteiger partial charge in [-0.1, -0.05) is 13.8 Å². The number of carbonyl (C=O) groups is 2. The normalized spacial score (nSPS) is 31.3. The van der Waals surface area contributed by atoms with Gasteiger partial charge in [0.05, 0.1) is 7.11 Å². The summed E-state index contributed by atoms with van der Waals surface area (Å²) in [6.07, 6.45) is 2.58. The van der Waals surface area contributed by atoms with Crippen LogP contribution in [0, 0.1) is 11.3 Å². The van der Waals surface area contributed by atoms with Gasteiger partial charge in [0.15, 0.2) is 0 Å². The van der Waals surface area contributed by atoms with E-state index in [2.05, 4.69) is 13.8 Å². The second-order valence-corrected chi connectivity index (χ2v) is 5.46. The van der Waals surface area contributed by atoms with Crippen LogP contribution in [0.1, 0.15) is 33.1 Å². The van der Waals surface area contributed by atoms with E-state index in [4.69, 9.17) is 4.74 Å². The van der Waals surface area contributed by atoms with Crippen molar-refractivity contribution in [1.82, 2.24) is 4.90 Å². The maximum Gasteiger partial charge on any atom is 0.328 e. The van der Waals surface area contributed by atoms with E-state index < -0.39 is 0 Å². The van der Waals surface area contributed by atoms with Gasteiger partial charge in [-0.05, 0) is 24.7 Å². The maximum atomic E-state index is 12.2. The molecule has 0 radical (unpaired) electrons. The fraction of sp³-hybridized carbons (Fsp3) is 0.833. The second-order valence-electron chi connectivity index (χ2n) is 5.46. The molecule has 0 spiro atoms. The first kappa shape index (κ1) is 11.4. The van der Waals surface area contributed by atoms with Crippen LogP contribution in [0.2, 0.25) is 0 Å². The van der Waals surface area contributed by atoms with Crippen molar-refractivity contribution >= 4 is 11.9 Å². The summed E-state index contributed by atoms with van der Waals surface area (Å²) in [4.78, 5) is 25.4. The Labute approximate surface area is 95.9 Å². The molecule has 0 aromatic carbocycles. The first-order valence-corrected chi connectivity index (χ1v) is 5.85. The lowest BCUT2D eigenvalue weighted by Crippen LogP contribution is -2.42. The average molecular weight is 225 g/mol. The summed E-state index contributed by atoms with van der Waals surface area (Å²) in [5.74, 6) is -0.0278. The lowest BCUT2D eigenvalue weighted by Gasteiger charge is -2.23. The van der Waals surface area contributed by atoms with E-state index >= 15 is 0 Å². The Morgan fingerprint density at radius 2 is 2.00 bits per heavy atom. The van der Waals surface area contributed by atoms with Gasteiger partial charge in [-0.2, -0.15) is 0 Å². The molecular weight excluding hydrogens is 206 g/mol. The highest BCUT2D eigenvalue weighted by atomic mass is 16.5. The predicted octanol–water partition coefficient (Wildman–Crippen LogP) is 1.20. The van der Waals surface area contributed by atoms with Gasteiger partial charge in [0.2, 0.25) is 5.91 Å². The summed E-state index contributed by atoms with van der Waals surface area (Å²) in [6.45, 7) is 4.89. The molecule has 2 fully saturated rings. The largest absolute Gasteiger partial charge is 0.467 e. The molecule has 2 unspecified atom stereocenters. The molecule has 0 N–H and O–H groups in total. The number of ether oxygens (including phenoxy) is 1. The van der Waals surface area contributed by atoms with Crippen LogP contribution in [0.3, 0.4) is 0 Å². The van der Waals surface area contributed by atoms with Crippen LogP contribution >= 0.6 is 0 Å². The number of carbonyl (C=O) groups excluding carboxylic acids is 2. The smallest absolute Gasteiger partial charge is 0.328 e. The molecule has 2 aliphatic rings. The quantitative estimate of drug-likeness (QED) is 0.663. The van der Waals surface area contributed by atoms with Gasteiger partial charge in [0.1, 0.15) is 6.04 Å². The van der Waals surface area contributed by atoms with E-state index in [0.717, 1.165) is 19.3 Å². The van der Waals surface area contributed by atoms with Crippen LogP contribution < -0.4 is 0 Å². The van der Waals surface area contributed by atoms with Gasteiger partial charge in [-0.15, -0.1) is 0 Å². The maximum absolute atomic E-state index is 12.2. The number of likely N-dealkylation sites (tertiary alicyclic amines) is 1. The SMILES string of the molecule is COC(=O)C1CCCN1C(=O)C1CC1(C)C. The van der Waals surface area contributed by atoms with E-state index in [1.807, 2.05) is 0 Å². The van der Waals surface area contributed by atoms with Crippen LogP contribution in [0.15, 0.2) is 0 Å². The van der Waals surface area contributed by atoms with Crippen molar-refractivity contribution in [1.29, 1.82) is 0 Å². The van der Waals surface area contributed by atoms with Crippen molar-refractivity contribution in [3.05, 3.63) is 0 Å². The fourth-order valence-corrected chi connectivity index (χ4v) is 2.50. The van der Waals surface area contributed by atoms with Gasteiger partial charge in [0.25, 0.3) is 0 Å². The molecule has 0 bridgehead atoms. The first-order valence-electron chi connectivity index (χ1n) is 5.85. The molecule has 0 aromatic heterocycles. The Kier molecular flexibility index (Phi) is 2.68. The average Bonchev–Trinajstić information content (AvgIpc) is 2.68. The van der Waals surface area contributed by atoms with Crippen LogP contribution in [0.4, 0.5) is 0 Å². The molecule has 16 heavy (non-hydrogen) atoms. The number of methoxy groups -OCH3 is 1. The molecule has 4 nitrogen and oxygen atoms in total. The minimum Gasteiger partial charge on any atom is -0.467 e. The Balaban J connectivity index is 2.03. The highest BCUT2D eigenvalue weighted by Crippen LogP contribution is 2.53. The number of nitrogens with zero attached hydrogens (tertiary/aromatic N) is 1. The zero-order valence-electron chi connectivity index (χ0n) is 10.2. The van der Waals surface area contributed by atoms with Crippen molar-refractivity contribution in [2.24, 2.45) is 11.3 Å². The van der Waals surface area contributed by atoms with E-state index in [9.17, 15) is 9.59 Å². The molecule has 1 heterocycles. The van der Waals surface area contributed by atoms with E-state index in [1.54, 1.807) is 4.90 Å². The molecule has 0 aromatic rings. The molecule has 4 heteroatoms. The number of amides is 1. The Morgan fingerprint density at radius 3 is 2.50 bits per heavy atom. The minimum atomic E-state index is -0.339. The molecule has 2 rings (SSSR count). The summed E-state index contributed by atoms with van der Waals surface area (Å²) in [7, 11) is 1.38. The lowest BCUT2D eigenvalue weighted by atomic mass is 10.1. The van der Waals surface area contributed by atoms with Crippen LogP contribution in [0.5, 0.6) is 0 Å². The topological polar surface area (TPSA) is 46.6 Å². The molecule has 1 aliphatic heterocycles. The fourth-order valence-electron chi connectivity index (χ4n) is 2.50. The van der Waals surface area contributed by atoms with Gasteiger partial charge in [0, 0.05) is 12.5 Å². The van der Waals surface area contributed by atoms with Crippen molar-refractivity contribution in [3.8, 4) is 0 Å². The molecule has 1 aliphatic carbocycles. The Bertz CT molecular complexity index is 324. The summed E-state index contributed by atoms with van der Waals surface area (Å²) >= 11 is 0. The molecule has 90 valence electrons. The van der Waals surface area contributed by atoms with Crippen molar-refractivity contribution in [2.75, 3.05) is 13.7 Å². The highest BCUT2D eigenvalue weighted by molar-refractivity contribution is 5.88. The third-order valence-electron chi connectivity index (χ3n) is 3.82. The third kappa shape index (κ3) is 1.81. The van der Waals surface area contributed by atoms with Crippen LogP contribution in [-0.2, 0) is 14.3 Å². The molecule has 1 saturated carbocycles. The van der Waals surface area contributed by atoms with Gasteiger partial charge in [-0.3, -0.25) is 4.79 Å². The standard InChI is InChI=1S/C12H19NO3/c1-12(2)7-8(12)10(14)13-6-4-5-9(13)11(15)16-3/h8-9H,4-7H2,1-3H3. The van der Waals surface area contributed by atoms with Gasteiger partial charge in [-0.25, -0.2) is 4.79 Å². The lowest BCUT2D eigenvalue weighted by molar-refractivity contribution is -0.151. The second kappa shape index (κ2) is 3.75. The summed E-state index contributed by atoms with van der Waals surface area (Å²) in [6, 6.07) is -0.339. The number of hydrogen-bond acceptors (Lipinski definition) is 3. The van der Waals surface area contributed by atoms with Gasteiger partial charge >= 0.3 is 5.97 Å². The monoisotopic (exact) mass is 225 g/mol. The summed E-state index contributed by atoms with van der Waals surface area (Å²) in [5.41, 5.74) is 0.125. The Hall–Kier alpha value is -1.06. The third-order valence-corrected chi connectivity index (χ3v) is 3.82.